The number of guanidine groups is 1. The lowest BCUT2D eigenvalue weighted by atomic mass is 10.0. The van der Waals surface area contributed by atoms with Crippen molar-refractivity contribution < 1.29 is 44.1 Å². The zero-order chi connectivity index (χ0) is 30.4. The Kier molecular flexibility index (Phi) is 13.3. The molecule has 0 aliphatic rings. The number of amides is 4. The molecular formula is C23H34N8O9. The molecule has 0 aliphatic carbocycles. The average molecular weight is 567 g/mol. The Morgan fingerprint density at radius 3 is 1.88 bits per heavy atom. The van der Waals surface area contributed by atoms with Gasteiger partial charge in [-0.15, -0.1) is 0 Å². The molecule has 0 saturated heterocycles. The van der Waals surface area contributed by atoms with E-state index in [1.165, 1.54) is 24.3 Å². The van der Waals surface area contributed by atoms with Crippen molar-refractivity contribution in [2.45, 2.75) is 56.3 Å². The van der Waals surface area contributed by atoms with Crippen LogP contribution < -0.4 is 38.9 Å². The summed E-state index contributed by atoms with van der Waals surface area (Å²) in [5.41, 5.74) is 21.7. The van der Waals surface area contributed by atoms with Crippen LogP contribution in [0.25, 0.3) is 0 Å². The Bertz CT molecular complexity index is 1110. The molecule has 4 amide bonds. The van der Waals surface area contributed by atoms with Gasteiger partial charge in [-0.2, -0.15) is 0 Å². The van der Waals surface area contributed by atoms with E-state index in [4.69, 9.17) is 28.0 Å². The summed E-state index contributed by atoms with van der Waals surface area (Å²) < 4.78 is 0. The molecule has 17 heteroatoms. The summed E-state index contributed by atoms with van der Waals surface area (Å²) in [5.74, 6) is -6.97. The van der Waals surface area contributed by atoms with Gasteiger partial charge in [-0.1, -0.05) is 12.1 Å². The minimum atomic E-state index is -1.68. The molecular weight excluding hydrogens is 532 g/mol. The van der Waals surface area contributed by atoms with Crippen molar-refractivity contribution in [2.75, 3.05) is 6.54 Å². The molecule has 1 aromatic carbocycles. The molecule has 0 aromatic heterocycles. The minimum Gasteiger partial charge on any atom is -0.508 e. The lowest BCUT2D eigenvalue weighted by Crippen LogP contribution is -2.58. The van der Waals surface area contributed by atoms with Gasteiger partial charge in [0.1, 0.15) is 23.9 Å². The number of hydrogen-bond acceptors (Lipinski definition) is 9. The molecule has 17 nitrogen and oxygen atoms in total. The van der Waals surface area contributed by atoms with Crippen LogP contribution in [0.5, 0.6) is 5.75 Å². The zero-order valence-corrected chi connectivity index (χ0v) is 21.4. The van der Waals surface area contributed by atoms with E-state index in [1.54, 1.807) is 0 Å². The summed E-state index contributed by atoms with van der Waals surface area (Å²) >= 11 is 0. The summed E-state index contributed by atoms with van der Waals surface area (Å²) in [5, 5.41) is 34.7. The maximum atomic E-state index is 13.3. The topological polar surface area (TPSA) is 316 Å². The molecule has 4 unspecified atom stereocenters. The number of benzene rings is 1. The van der Waals surface area contributed by atoms with Crippen LogP contribution in [0, 0.1) is 0 Å². The van der Waals surface area contributed by atoms with Gasteiger partial charge in [0, 0.05) is 13.0 Å². The van der Waals surface area contributed by atoms with Gasteiger partial charge in [-0.25, -0.2) is 4.79 Å². The summed E-state index contributed by atoms with van der Waals surface area (Å²) in [6.07, 6.45) is -1.51. The van der Waals surface area contributed by atoms with Crippen LogP contribution in [0.15, 0.2) is 29.3 Å². The van der Waals surface area contributed by atoms with Gasteiger partial charge in [-0.3, -0.25) is 29.0 Å². The average Bonchev–Trinajstić information content (AvgIpc) is 2.85. The van der Waals surface area contributed by atoms with Crippen molar-refractivity contribution in [3.05, 3.63) is 29.8 Å². The monoisotopic (exact) mass is 566 g/mol. The van der Waals surface area contributed by atoms with Crippen LogP contribution in [0.4, 0.5) is 0 Å². The second kappa shape index (κ2) is 16.1. The van der Waals surface area contributed by atoms with Crippen molar-refractivity contribution in [1.82, 2.24) is 16.0 Å². The largest absolute Gasteiger partial charge is 0.508 e. The summed E-state index contributed by atoms with van der Waals surface area (Å²) in [6.45, 7) is 0.0589. The van der Waals surface area contributed by atoms with Gasteiger partial charge < -0.3 is 54.2 Å². The minimum absolute atomic E-state index is 0.0567. The fraction of sp³-hybridized carbons (Fsp3) is 0.435. The lowest BCUT2D eigenvalue weighted by Gasteiger charge is -2.25. The predicted octanol–water partition coefficient (Wildman–Crippen LogP) is -3.80. The molecule has 1 rings (SSSR count). The van der Waals surface area contributed by atoms with Crippen LogP contribution in [0.1, 0.15) is 31.2 Å². The number of carbonyl (C=O) groups is 6. The van der Waals surface area contributed by atoms with Crippen molar-refractivity contribution in [3.8, 4) is 5.75 Å². The second-order valence-corrected chi connectivity index (χ2v) is 8.72. The van der Waals surface area contributed by atoms with E-state index in [0.29, 0.717) is 5.56 Å². The number of rotatable bonds is 17. The van der Waals surface area contributed by atoms with E-state index in [-0.39, 0.29) is 37.5 Å². The molecule has 0 spiro atoms. The number of aromatic hydroxyl groups is 1. The molecule has 1 aromatic rings. The maximum absolute atomic E-state index is 13.3. The normalized spacial score (nSPS) is 13.5. The van der Waals surface area contributed by atoms with E-state index in [1.807, 2.05) is 0 Å². The molecule has 220 valence electrons. The number of aliphatic carboxylic acids is 2. The molecule has 0 fully saturated rings. The first-order valence-electron chi connectivity index (χ1n) is 11.9. The van der Waals surface area contributed by atoms with E-state index in [0.717, 1.165) is 0 Å². The molecule has 0 heterocycles. The van der Waals surface area contributed by atoms with E-state index in [2.05, 4.69) is 20.9 Å². The number of carbonyl (C=O) groups excluding carboxylic acids is 4. The van der Waals surface area contributed by atoms with Crippen molar-refractivity contribution >= 4 is 41.5 Å². The Morgan fingerprint density at radius 1 is 0.800 bits per heavy atom. The Hall–Kier alpha value is -4.93. The molecule has 0 bridgehead atoms. The Labute approximate surface area is 228 Å². The highest BCUT2D eigenvalue weighted by Crippen LogP contribution is 2.12. The van der Waals surface area contributed by atoms with Gasteiger partial charge in [0.15, 0.2) is 5.96 Å². The molecule has 0 radical (unpaired) electrons. The third-order valence-corrected chi connectivity index (χ3v) is 5.34. The van der Waals surface area contributed by atoms with Crippen molar-refractivity contribution in [1.29, 1.82) is 0 Å². The number of hydrogen-bond donors (Lipinski definition) is 10. The number of carboxylic acid groups (broad SMARTS) is 2. The number of phenolic OH excluding ortho intramolecular Hbond substituents is 1. The highest BCUT2D eigenvalue weighted by atomic mass is 16.4. The highest BCUT2D eigenvalue weighted by Gasteiger charge is 2.31. The number of carboxylic acids is 2. The van der Waals surface area contributed by atoms with Crippen LogP contribution >= 0.6 is 0 Å². The standard InChI is InChI=1S/C23H34N8O9/c24-13(9-18(34)35)19(36)30-15(8-11-3-5-12(32)6-4-11)21(38)29-14(2-1-7-28-23(26)27)20(37)31-16(22(39)40)10-17(25)33/h3-6,13-16,32H,1-2,7-10,24H2,(H2,25,33)(H,29,38)(H,30,36)(H,31,37)(H,34,35)(H,39,40)(H4,26,27,28). The first kappa shape index (κ1) is 33.1. The SMILES string of the molecule is NC(=O)CC(NC(=O)C(CCCN=C(N)N)NC(=O)C(Cc1ccc(O)cc1)NC(=O)C(N)CC(=O)O)C(=O)O. The fourth-order valence-corrected chi connectivity index (χ4v) is 3.35. The number of nitrogens with one attached hydrogen (secondary N) is 3. The van der Waals surface area contributed by atoms with Crippen LogP contribution in [0.2, 0.25) is 0 Å². The first-order chi connectivity index (χ1) is 18.7. The predicted molar refractivity (Wildman–Crippen MR) is 139 cm³/mol. The number of primary amides is 1. The Balaban J connectivity index is 3.21. The van der Waals surface area contributed by atoms with Gasteiger partial charge in [0.2, 0.25) is 23.6 Å². The van der Waals surface area contributed by atoms with E-state index in [9.17, 15) is 39.0 Å². The Morgan fingerprint density at radius 2 is 1.35 bits per heavy atom. The van der Waals surface area contributed by atoms with Gasteiger partial charge in [-0.05, 0) is 30.5 Å². The molecule has 0 saturated carbocycles. The number of phenols is 1. The third-order valence-electron chi connectivity index (χ3n) is 5.34. The smallest absolute Gasteiger partial charge is 0.326 e. The van der Waals surface area contributed by atoms with Crippen molar-refractivity contribution in [3.63, 3.8) is 0 Å². The molecule has 4 atom stereocenters. The third kappa shape index (κ3) is 12.5. The van der Waals surface area contributed by atoms with Crippen LogP contribution in [0.3, 0.4) is 0 Å². The maximum Gasteiger partial charge on any atom is 0.326 e. The second-order valence-electron chi connectivity index (χ2n) is 8.72. The van der Waals surface area contributed by atoms with Crippen LogP contribution in [-0.4, -0.2) is 87.6 Å². The highest BCUT2D eigenvalue weighted by molar-refractivity contribution is 5.95. The number of aliphatic imine (C=N–C) groups is 1. The molecule has 40 heavy (non-hydrogen) atoms. The van der Waals surface area contributed by atoms with Gasteiger partial charge in [0.05, 0.1) is 18.9 Å². The fourth-order valence-electron chi connectivity index (χ4n) is 3.35. The van der Waals surface area contributed by atoms with E-state index < -0.39 is 72.6 Å². The van der Waals surface area contributed by atoms with E-state index >= 15 is 0 Å². The summed E-state index contributed by atoms with van der Waals surface area (Å²) in [4.78, 5) is 76.2. The number of nitrogens with zero attached hydrogens (tertiary/aromatic N) is 1. The van der Waals surface area contributed by atoms with Gasteiger partial charge in [0.25, 0.3) is 0 Å². The van der Waals surface area contributed by atoms with Gasteiger partial charge >= 0.3 is 11.9 Å². The molecule has 14 N–H and O–H groups in total. The summed E-state index contributed by atoms with van der Waals surface area (Å²) in [6, 6.07) is -0.284. The van der Waals surface area contributed by atoms with Crippen LogP contribution in [-0.2, 0) is 35.2 Å². The lowest BCUT2D eigenvalue weighted by molar-refractivity contribution is -0.143. The molecule has 0 aliphatic heterocycles. The first-order valence-corrected chi connectivity index (χ1v) is 11.9. The quantitative estimate of drug-likeness (QED) is 0.0493. The number of nitrogens with two attached hydrogens (primary N) is 4. The van der Waals surface area contributed by atoms with Crippen molar-refractivity contribution in [2.24, 2.45) is 27.9 Å². The summed E-state index contributed by atoms with van der Waals surface area (Å²) in [7, 11) is 0. The zero-order valence-electron chi connectivity index (χ0n) is 21.4.